The van der Waals surface area contributed by atoms with Gasteiger partial charge in [-0.05, 0) is 50.2 Å². The van der Waals surface area contributed by atoms with Gasteiger partial charge in [-0.3, -0.25) is 9.48 Å². The van der Waals surface area contributed by atoms with E-state index in [0.29, 0.717) is 12.5 Å². The summed E-state index contributed by atoms with van der Waals surface area (Å²) >= 11 is 0. The lowest BCUT2D eigenvalue weighted by atomic mass is 9.97. The van der Waals surface area contributed by atoms with Crippen LogP contribution in [0.5, 0.6) is 0 Å². The molecule has 7 heteroatoms. The van der Waals surface area contributed by atoms with Crippen LogP contribution >= 0.6 is 0 Å². The molecule has 5 rings (SSSR count). The first-order chi connectivity index (χ1) is 12.8. The first-order valence-corrected chi connectivity index (χ1v) is 9.73. The molecule has 2 aromatic heterocycles. The van der Waals surface area contributed by atoms with Crippen molar-refractivity contribution in [2.75, 3.05) is 29.4 Å². The quantitative estimate of drug-likeness (QED) is 0.846. The smallest absolute Gasteiger partial charge is 0.227 e. The average molecular weight is 352 g/mol. The van der Waals surface area contributed by atoms with E-state index in [4.69, 9.17) is 0 Å². The van der Waals surface area contributed by atoms with Crippen LogP contribution in [0.1, 0.15) is 49.4 Å². The molecule has 136 valence electrons. The summed E-state index contributed by atoms with van der Waals surface area (Å²) in [6, 6.07) is 2.56. The van der Waals surface area contributed by atoms with Crippen LogP contribution in [-0.4, -0.2) is 45.5 Å². The Kier molecular flexibility index (Phi) is 3.87. The monoisotopic (exact) mass is 352 g/mol. The van der Waals surface area contributed by atoms with E-state index in [1.165, 1.54) is 24.1 Å². The fourth-order valence-electron chi connectivity index (χ4n) is 4.39. The van der Waals surface area contributed by atoms with E-state index in [2.05, 4.69) is 26.3 Å². The predicted molar refractivity (Wildman–Crippen MR) is 98.4 cm³/mol. The Bertz CT molecular complexity index is 831. The summed E-state index contributed by atoms with van der Waals surface area (Å²) in [6.07, 6.45) is 11.2. The zero-order valence-electron chi connectivity index (χ0n) is 15.0. The van der Waals surface area contributed by atoms with Gasteiger partial charge < -0.3 is 9.80 Å². The Labute approximate surface area is 153 Å². The van der Waals surface area contributed by atoms with E-state index in [1.807, 2.05) is 22.0 Å². The predicted octanol–water partition coefficient (Wildman–Crippen LogP) is 2.13. The van der Waals surface area contributed by atoms with Crippen LogP contribution in [0.2, 0.25) is 0 Å². The molecular weight excluding hydrogens is 328 g/mol. The maximum atomic E-state index is 11.9. The van der Waals surface area contributed by atoms with Gasteiger partial charge in [0, 0.05) is 32.3 Å². The highest BCUT2D eigenvalue weighted by atomic mass is 16.2. The Morgan fingerprint density at radius 2 is 1.96 bits per heavy atom. The van der Waals surface area contributed by atoms with Crippen molar-refractivity contribution < 1.29 is 4.79 Å². The topological polar surface area (TPSA) is 67.2 Å². The molecule has 1 amide bonds. The fourth-order valence-corrected chi connectivity index (χ4v) is 4.39. The highest BCUT2D eigenvalue weighted by molar-refractivity contribution is 5.95. The summed E-state index contributed by atoms with van der Waals surface area (Å²) in [5, 5.41) is 13.5. The molecule has 0 saturated carbocycles. The maximum Gasteiger partial charge on any atom is 0.227 e. The number of rotatable bonds is 3. The Balaban J connectivity index is 1.30. The minimum Gasteiger partial charge on any atom is -0.353 e. The van der Waals surface area contributed by atoms with Gasteiger partial charge in [0.05, 0.1) is 23.6 Å². The van der Waals surface area contributed by atoms with Gasteiger partial charge in [0.25, 0.3) is 0 Å². The molecule has 3 aliphatic rings. The average Bonchev–Trinajstić information content (AvgIpc) is 3.41. The number of hydrogen-bond donors (Lipinski definition) is 0. The second-order valence-corrected chi connectivity index (χ2v) is 7.60. The number of fused-ring (bicyclic) bond motifs is 1. The van der Waals surface area contributed by atoms with Gasteiger partial charge in [-0.1, -0.05) is 0 Å². The molecule has 7 nitrogen and oxygen atoms in total. The molecule has 0 radical (unpaired) electrons. The lowest BCUT2D eigenvalue weighted by molar-refractivity contribution is -0.117. The number of amides is 1. The van der Waals surface area contributed by atoms with Gasteiger partial charge in [0.2, 0.25) is 5.91 Å². The summed E-state index contributed by atoms with van der Waals surface area (Å²) in [7, 11) is 0. The summed E-state index contributed by atoms with van der Waals surface area (Å²) in [6.45, 7) is 2.67. The lowest BCUT2D eigenvalue weighted by Crippen LogP contribution is -2.24. The number of aromatic nitrogens is 4. The van der Waals surface area contributed by atoms with Gasteiger partial charge in [-0.2, -0.15) is 10.2 Å². The van der Waals surface area contributed by atoms with Crippen molar-refractivity contribution in [2.24, 2.45) is 0 Å². The van der Waals surface area contributed by atoms with Crippen molar-refractivity contribution in [3.63, 3.8) is 0 Å². The van der Waals surface area contributed by atoms with Crippen LogP contribution in [0, 0.1) is 0 Å². The van der Waals surface area contributed by atoms with Crippen molar-refractivity contribution in [3.8, 4) is 0 Å². The van der Waals surface area contributed by atoms with E-state index >= 15 is 0 Å². The molecule has 2 saturated heterocycles. The molecule has 4 heterocycles. The Morgan fingerprint density at radius 1 is 1.04 bits per heavy atom. The molecule has 0 spiro atoms. The summed E-state index contributed by atoms with van der Waals surface area (Å²) in [5.41, 5.74) is 3.49. The highest BCUT2D eigenvalue weighted by Gasteiger charge is 2.28. The Morgan fingerprint density at radius 3 is 2.85 bits per heavy atom. The van der Waals surface area contributed by atoms with Crippen molar-refractivity contribution in [1.29, 1.82) is 0 Å². The molecule has 2 fully saturated rings. The standard InChI is InChI=1S/C19H24N6O/c26-19-6-3-8-24(19)16-11-20-25(13-16)15-7-9-23(12-15)18-10-14-4-1-2-5-17(14)21-22-18/h10-11,13,15H,1-9,12H2. The van der Waals surface area contributed by atoms with Gasteiger partial charge >= 0.3 is 0 Å². The molecule has 1 aliphatic carbocycles. The molecule has 1 unspecified atom stereocenters. The number of nitrogens with zero attached hydrogens (tertiary/aromatic N) is 6. The molecule has 0 N–H and O–H groups in total. The molecule has 0 aromatic carbocycles. The largest absolute Gasteiger partial charge is 0.353 e. The van der Waals surface area contributed by atoms with Gasteiger partial charge in [0.15, 0.2) is 5.82 Å². The number of hydrogen-bond acceptors (Lipinski definition) is 5. The summed E-state index contributed by atoms with van der Waals surface area (Å²) in [5.74, 6) is 1.21. The maximum absolute atomic E-state index is 11.9. The third kappa shape index (κ3) is 2.75. The van der Waals surface area contributed by atoms with E-state index in [9.17, 15) is 4.79 Å². The SMILES string of the molecule is O=C1CCCN1c1cnn(C2CCN(c3cc4c(nn3)CCCC4)C2)c1. The van der Waals surface area contributed by atoms with Crippen molar-refractivity contribution in [2.45, 2.75) is 51.0 Å². The third-order valence-electron chi connectivity index (χ3n) is 5.89. The molecule has 26 heavy (non-hydrogen) atoms. The van der Waals surface area contributed by atoms with Crippen LogP contribution in [0.15, 0.2) is 18.5 Å². The van der Waals surface area contributed by atoms with E-state index in [-0.39, 0.29) is 5.91 Å². The van der Waals surface area contributed by atoms with E-state index < -0.39 is 0 Å². The van der Waals surface area contributed by atoms with Crippen molar-refractivity contribution in [1.82, 2.24) is 20.0 Å². The normalized spacial score (nSPS) is 22.9. The molecule has 2 aromatic rings. The van der Waals surface area contributed by atoms with Crippen LogP contribution in [0.3, 0.4) is 0 Å². The van der Waals surface area contributed by atoms with Gasteiger partial charge in [-0.15, -0.1) is 5.10 Å². The van der Waals surface area contributed by atoms with Gasteiger partial charge in [0.1, 0.15) is 0 Å². The van der Waals surface area contributed by atoms with Crippen LogP contribution in [0.25, 0.3) is 0 Å². The van der Waals surface area contributed by atoms with Gasteiger partial charge in [-0.25, -0.2) is 0 Å². The minimum atomic E-state index is 0.210. The Hall–Kier alpha value is -2.44. The fraction of sp³-hybridized carbons (Fsp3) is 0.579. The van der Waals surface area contributed by atoms with Crippen molar-refractivity contribution >= 4 is 17.4 Å². The molecule has 2 aliphatic heterocycles. The van der Waals surface area contributed by atoms with Crippen LogP contribution < -0.4 is 9.80 Å². The summed E-state index contributed by atoms with van der Waals surface area (Å²) in [4.78, 5) is 16.1. The third-order valence-corrected chi connectivity index (χ3v) is 5.89. The first-order valence-electron chi connectivity index (χ1n) is 9.73. The van der Waals surface area contributed by atoms with Crippen LogP contribution in [0.4, 0.5) is 11.5 Å². The van der Waals surface area contributed by atoms with E-state index in [1.54, 1.807) is 0 Å². The van der Waals surface area contributed by atoms with Crippen LogP contribution in [-0.2, 0) is 17.6 Å². The zero-order chi connectivity index (χ0) is 17.5. The molecule has 1 atom stereocenters. The molecular formula is C19H24N6O. The first kappa shape index (κ1) is 15.8. The molecule has 0 bridgehead atoms. The number of aryl methyl sites for hydroxylation is 2. The number of anilines is 2. The van der Waals surface area contributed by atoms with Crippen molar-refractivity contribution in [3.05, 3.63) is 29.7 Å². The number of carbonyl (C=O) groups excluding carboxylic acids is 1. The summed E-state index contributed by atoms with van der Waals surface area (Å²) < 4.78 is 2.02. The zero-order valence-corrected chi connectivity index (χ0v) is 15.0. The second-order valence-electron chi connectivity index (χ2n) is 7.60. The number of carbonyl (C=O) groups is 1. The van der Waals surface area contributed by atoms with E-state index in [0.717, 1.165) is 56.8 Å². The highest BCUT2D eigenvalue weighted by Crippen LogP contribution is 2.29. The minimum absolute atomic E-state index is 0.210. The lowest BCUT2D eigenvalue weighted by Gasteiger charge is -2.20. The second kappa shape index (κ2) is 6.37.